The highest BCUT2D eigenvalue weighted by Crippen LogP contribution is 2.18. The molecule has 3 rings (SSSR count). The summed E-state index contributed by atoms with van der Waals surface area (Å²) in [5.74, 6) is 2.36. The van der Waals surface area contributed by atoms with E-state index in [1.54, 1.807) is 35.3 Å². The molecule has 3 heterocycles. The molecule has 7 nitrogen and oxygen atoms in total. The Morgan fingerprint density at radius 3 is 2.77 bits per heavy atom. The van der Waals surface area contributed by atoms with Gasteiger partial charge in [-0.25, -0.2) is 9.97 Å². The number of anilines is 1. The Morgan fingerprint density at radius 2 is 2.03 bits per heavy atom. The van der Waals surface area contributed by atoms with Crippen molar-refractivity contribution in [3.05, 3.63) is 56.2 Å². The molecule has 0 amide bonds. The van der Waals surface area contributed by atoms with E-state index in [2.05, 4.69) is 30.5 Å². The third-order valence-electron chi connectivity index (χ3n) is 4.65. The number of rotatable bonds is 9. The van der Waals surface area contributed by atoms with Crippen molar-refractivity contribution in [2.24, 2.45) is 7.05 Å². The largest absolute Gasteiger partial charge is 0.355 e. The van der Waals surface area contributed by atoms with Crippen LogP contribution >= 0.6 is 23.1 Å². The van der Waals surface area contributed by atoms with Crippen molar-refractivity contribution in [1.29, 1.82) is 0 Å². The van der Waals surface area contributed by atoms with Crippen molar-refractivity contribution in [3.63, 3.8) is 0 Å². The number of hydrogen-bond acceptors (Lipinski definition) is 8. The molecule has 160 valence electrons. The van der Waals surface area contributed by atoms with E-state index in [0.29, 0.717) is 11.5 Å². The minimum absolute atomic E-state index is 0.0823. The first-order chi connectivity index (χ1) is 14.3. The average molecular weight is 445 g/mol. The van der Waals surface area contributed by atoms with Gasteiger partial charge in [0.2, 0.25) is 5.95 Å². The van der Waals surface area contributed by atoms with Crippen LogP contribution in [0.5, 0.6) is 0 Å². The van der Waals surface area contributed by atoms with E-state index in [9.17, 15) is 4.79 Å². The van der Waals surface area contributed by atoms with Gasteiger partial charge >= 0.3 is 0 Å². The Balaban J connectivity index is 1.53. The van der Waals surface area contributed by atoms with Gasteiger partial charge in [0.25, 0.3) is 5.56 Å². The van der Waals surface area contributed by atoms with E-state index in [-0.39, 0.29) is 5.56 Å². The number of hydrogen-bond donors (Lipinski definition) is 1. The van der Waals surface area contributed by atoms with E-state index in [1.165, 1.54) is 0 Å². The van der Waals surface area contributed by atoms with Crippen molar-refractivity contribution in [2.45, 2.75) is 26.1 Å². The molecule has 0 aliphatic heterocycles. The Hall–Kier alpha value is -2.23. The molecule has 0 aliphatic rings. The number of pyridine rings is 1. The van der Waals surface area contributed by atoms with Crippen LogP contribution in [0.1, 0.15) is 22.0 Å². The highest BCUT2D eigenvalue weighted by Gasteiger charge is 2.10. The molecule has 0 spiro atoms. The van der Waals surface area contributed by atoms with Crippen LogP contribution < -0.4 is 10.9 Å². The van der Waals surface area contributed by atoms with Crippen molar-refractivity contribution in [3.8, 4) is 11.1 Å². The molecule has 0 aromatic carbocycles. The fourth-order valence-electron chi connectivity index (χ4n) is 2.87. The molecule has 3 aromatic rings. The molecular weight excluding hydrogens is 416 g/mol. The minimum Gasteiger partial charge on any atom is -0.355 e. The zero-order valence-electron chi connectivity index (χ0n) is 18.1. The van der Waals surface area contributed by atoms with Gasteiger partial charge in [-0.05, 0) is 39.6 Å². The lowest BCUT2D eigenvalue weighted by Gasteiger charge is -2.11. The topological polar surface area (TPSA) is 75.9 Å². The summed E-state index contributed by atoms with van der Waals surface area (Å²) in [4.78, 5) is 28.4. The van der Waals surface area contributed by atoms with Crippen LogP contribution in [0.3, 0.4) is 0 Å². The zero-order chi connectivity index (χ0) is 21.7. The zero-order valence-corrected chi connectivity index (χ0v) is 19.7. The van der Waals surface area contributed by atoms with Gasteiger partial charge in [-0.3, -0.25) is 14.3 Å². The molecule has 1 N–H and O–H groups in total. The second-order valence-electron chi connectivity index (χ2n) is 7.44. The lowest BCUT2D eigenvalue weighted by molar-refractivity contribution is 0.401. The molecule has 0 radical (unpaired) electrons. The molecule has 30 heavy (non-hydrogen) atoms. The highest BCUT2D eigenvalue weighted by molar-refractivity contribution is 7.98. The maximum absolute atomic E-state index is 12.8. The van der Waals surface area contributed by atoms with Crippen molar-refractivity contribution in [1.82, 2.24) is 24.4 Å². The van der Waals surface area contributed by atoms with Gasteiger partial charge in [0, 0.05) is 60.7 Å². The van der Waals surface area contributed by atoms with Crippen LogP contribution in [0, 0.1) is 13.8 Å². The molecule has 0 aliphatic carbocycles. The second kappa shape index (κ2) is 10.2. The highest BCUT2D eigenvalue weighted by atomic mass is 32.2. The molecule has 0 bridgehead atoms. The van der Waals surface area contributed by atoms with E-state index in [4.69, 9.17) is 0 Å². The summed E-state index contributed by atoms with van der Waals surface area (Å²) in [6, 6.07) is 1.98. The third-order valence-corrected chi connectivity index (χ3v) is 6.53. The lowest BCUT2D eigenvalue weighted by atomic mass is 10.1. The monoisotopic (exact) mass is 444 g/mol. The summed E-state index contributed by atoms with van der Waals surface area (Å²) < 4.78 is 1.56. The molecule has 0 saturated heterocycles. The first-order valence-corrected chi connectivity index (χ1v) is 11.8. The average Bonchev–Trinajstić information content (AvgIpc) is 3.13. The number of thioether (sulfide) groups is 1. The predicted molar refractivity (Wildman–Crippen MR) is 126 cm³/mol. The number of aryl methyl sites for hydroxylation is 2. The number of aromatic nitrogens is 4. The van der Waals surface area contributed by atoms with E-state index in [1.807, 2.05) is 45.8 Å². The van der Waals surface area contributed by atoms with Crippen LogP contribution in [-0.4, -0.2) is 50.8 Å². The maximum atomic E-state index is 12.8. The second-order valence-corrected chi connectivity index (χ2v) is 9.48. The van der Waals surface area contributed by atoms with Crippen molar-refractivity contribution < 1.29 is 0 Å². The van der Waals surface area contributed by atoms with Crippen LogP contribution in [0.2, 0.25) is 0 Å². The molecule has 3 aromatic heterocycles. The Labute approximate surface area is 185 Å². The van der Waals surface area contributed by atoms with Crippen LogP contribution in [0.15, 0.2) is 28.6 Å². The summed E-state index contributed by atoms with van der Waals surface area (Å²) in [5.41, 5.74) is 4.42. The van der Waals surface area contributed by atoms with E-state index in [0.717, 1.165) is 52.1 Å². The fourth-order valence-corrected chi connectivity index (χ4v) is 4.63. The molecule has 0 unspecified atom stereocenters. The number of nitrogens with one attached hydrogen (secondary N) is 1. The SMILES string of the molecule is Cc1cc(-c2cnc(NCCSCc3csc(CN(C)C)n3)n(C)c2=O)cnc1C. The molecule has 9 heteroatoms. The maximum Gasteiger partial charge on any atom is 0.262 e. The van der Waals surface area contributed by atoms with Gasteiger partial charge in [0.15, 0.2) is 0 Å². The molecular formula is C21H28N6OS2. The fraction of sp³-hybridized carbons (Fsp3) is 0.429. The van der Waals surface area contributed by atoms with Crippen molar-refractivity contribution in [2.75, 3.05) is 31.7 Å². The quantitative estimate of drug-likeness (QED) is 0.507. The molecule has 0 saturated carbocycles. The lowest BCUT2D eigenvalue weighted by Crippen LogP contribution is -2.24. The first kappa shape index (κ1) is 22.5. The van der Waals surface area contributed by atoms with Gasteiger partial charge in [-0.15, -0.1) is 11.3 Å². The normalized spacial score (nSPS) is 11.3. The minimum atomic E-state index is -0.0823. The standard InChI is InChI=1S/C21H28N6OS2/c1-14-8-16(9-23-15(14)2)18-10-24-21(27(5)20(18)28)22-6-7-29-12-17-13-30-19(25-17)11-26(3)4/h8-10,13H,6-7,11-12H2,1-5H3,(H,22,24). The molecule has 0 atom stereocenters. The Kier molecular flexibility index (Phi) is 7.63. The van der Waals surface area contributed by atoms with Gasteiger partial charge in [0.1, 0.15) is 5.01 Å². The van der Waals surface area contributed by atoms with Crippen molar-refractivity contribution >= 4 is 29.0 Å². The van der Waals surface area contributed by atoms with Crippen LogP contribution in [0.25, 0.3) is 11.1 Å². The summed E-state index contributed by atoms with van der Waals surface area (Å²) in [6.45, 7) is 5.55. The number of nitrogens with zero attached hydrogens (tertiary/aromatic N) is 5. The van der Waals surface area contributed by atoms with Crippen LogP contribution in [0.4, 0.5) is 5.95 Å². The smallest absolute Gasteiger partial charge is 0.262 e. The summed E-state index contributed by atoms with van der Waals surface area (Å²) in [6.07, 6.45) is 3.36. The van der Waals surface area contributed by atoms with E-state index >= 15 is 0 Å². The Morgan fingerprint density at radius 1 is 1.23 bits per heavy atom. The summed E-state index contributed by atoms with van der Waals surface area (Å²) in [5, 5.41) is 6.54. The van der Waals surface area contributed by atoms with E-state index < -0.39 is 0 Å². The van der Waals surface area contributed by atoms with Gasteiger partial charge in [-0.2, -0.15) is 11.8 Å². The van der Waals surface area contributed by atoms with Crippen LogP contribution in [-0.2, 0) is 19.3 Å². The summed E-state index contributed by atoms with van der Waals surface area (Å²) in [7, 11) is 5.84. The summed E-state index contributed by atoms with van der Waals surface area (Å²) >= 11 is 3.52. The van der Waals surface area contributed by atoms with Gasteiger partial charge in [-0.1, -0.05) is 0 Å². The van der Waals surface area contributed by atoms with Gasteiger partial charge in [0.05, 0.1) is 11.3 Å². The molecule has 0 fully saturated rings. The third kappa shape index (κ3) is 5.68. The van der Waals surface area contributed by atoms with Gasteiger partial charge < -0.3 is 10.2 Å². The Bertz CT molecular complexity index is 1060. The first-order valence-electron chi connectivity index (χ1n) is 9.74. The number of thiazole rings is 1. The predicted octanol–water partition coefficient (Wildman–Crippen LogP) is 3.32.